The molecule has 2 heteroatoms. The molecule has 0 fully saturated rings. The minimum atomic E-state index is 0.114. The molecule has 2 nitrogen and oxygen atoms in total. The Labute approximate surface area is 140 Å². The molecule has 0 atom stereocenters. The highest BCUT2D eigenvalue weighted by Crippen LogP contribution is 2.10. The van der Waals surface area contributed by atoms with Crippen LogP contribution in [0.1, 0.15) is 96.8 Å². The predicted molar refractivity (Wildman–Crippen MR) is 98.2 cm³/mol. The van der Waals surface area contributed by atoms with E-state index in [4.69, 9.17) is 0 Å². The lowest BCUT2D eigenvalue weighted by atomic mass is 10.1. The summed E-state index contributed by atoms with van der Waals surface area (Å²) >= 11 is 0. The number of rotatable bonds is 16. The van der Waals surface area contributed by atoms with Crippen LogP contribution in [-0.2, 0) is 0 Å². The zero-order valence-electron chi connectivity index (χ0n) is 15.7. The zero-order valence-corrected chi connectivity index (χ0v) is 15.7. The average Bonchev–Trinajstić information content (AvgIpc) is 2.45. The number of nitrogens with zero attached hydrogens (tertiary/aromatic N) is 1. The minimum Gasteiger partial charge on any atom is -0.217 e. The summed E-state index contributed by atoms with van der Waals surface area (Å²) in [7, 11) is 3.69. The molecule has 0 aromatic rings. The van der Waals surface area contributed by atoms with E-state index in [2.05, 4.69) is 19.1 Å². The molecule has 0 saturated heterocycles. The number of quaternary nitrogens is 1. The highest BCUT2D eigenvalue weighted by atomic mass is 16.5. The maximum Gasteiger partial charge on any atom is 0.108 e. The molecule has 0 heterocycles. The lowest BCUT2D eigenvalue weighted by Gasteiger charge is -2.18. The molecule has 1 N–H and O–H groups in total. The Morgan fingerprint density at radius 1 is 0.636 bits per heavy atom. The molecule has 0 aliphatic carbocycles. The van der Waals surface area contributed by atoms with Crippen molar-refractivity contribution in [3.05, 3.63) is 12.2 Å². The maximum atomic E-state index is 9.56. The summed E-state index contributed by atoms with van der Waals surface area (Å²) in [5.41, 5.74) is 0. The van der Waals surface area contributed by atoms with Crippen molar-refractivity contribution in [2.24, 2.45) is 0 Å². The van der Waals surface area contributed by atoms with Crippen LogP contribution in [-0.4, -0.2) is 30.5 Å². The Bertz CT molecular complexity index is 243. The topological polar surface area (TPSA) is 20.2 Å². The Morgan fingerprint density at radius 3 is 1.50 bits per heavy atom. The van der Waals surface area contributed by atoms with Crippen LogP contribution in [0.5, 0.6) is 0 Å². The second-order valence-corrected chi connectivity index (χ2v) is 7.28. The van der Waals surface area contributed by atoms with Crippen molar-refractivity contribution in [3.63, 3.8) is 0 Å². The summed E-state index contributed by atoms with van der Waals surface area (Å²) in [6.07, 6.45) is 23.5. The summed E-state index contributed by atoms with van der Waals surface area (Å²) in [5, 5.41) is 9.56. The lowest BCUT2D eigenvalue weighted by Crippen LogP contribution is -2.36. The van der Waals surface area contributed by atoms with Crippen LogP contribution in [0.15, 0.2) is 12.2 Å². The van der Waals surface area contributed by atoms with Crippen molar-refractivity contribution in [1.82, 2.24) is 0 Å². The van der Waals surface area contributed by atoms with Crippen LogP contribution in [0, 0.1) is 0 Å². The summed E-state index contributed by atoms with van der Waals surface area (Å²) < 4.78 is 0.114. The van der Waals surface area contributed by atoms with Gasteiger partial charge in [-0.25, -0.2) is 5.21 Å². The largest absolute Gasteiger partial charge is 0.217 e. The van der Waals surface area contributed by atoms with Crippen LogP contribution >= 0.6 is 0 Å². The van der Waals surface area contributed by atoms with E-state index in [0.29, 0.717) is 0 Å². The molecule has 0 aliphatic heterocycles. The number of hydrogen-bond donors (Lipinski definition) is 1. The maximum absolute atomic E-state index is 9.56. The third-order valence-corrected chi connectivity index (χ3v) is 4.22. The molecule has 132 valence electrons. The van der Waals surface area contributed by atoms with Crippen LogP contribution in [0.3, 0.4) is 0 Å². The van der Waals surface area contributed by atoms with Crippen LogP contribution in [0.4, 0.5) is 0 Å². The van der Waals surface area contributed by atoms with Crippen molar-refractivity contribution < 1.29 is 9.85 Å². The van der Waals surface area contributed by atoms with Gasteiger partial charge in [0.2, 0.25) is 0 Å². The van der Waals surface area contributed by atoms with Gasteiger partial charge in [0.25, 0.3) is 0 Å². The Hall–Kier alpha value is -0.340. The molecule has 0 spiro atoms. The highest BCUT2D eigenvalue weighted by Gasteiger charge is 2.08. The third kappa shape index (κ3) is 19.7. The summed E-state index contributed by atoms with van der Waals surface area (Å²) in [5.74, 6) is 0. The van der Waals surface area contributed by atoms with Gasteiger partial charge in [0, 0.05) is 0 Å². The molecule has 0 unspecified atom stereocenters. The van der Waals surface area contributed by atoms with Crippen LogP contribution in [0.25, 0.3) is 0 Å². The molecule has 0 aliphatic rings. The van der Waals surface area contributed by atoms with Gasteiger partial charge in [-0.05, 0) is 38.5 Å². The van der Waals surface area contributed by atoms with E-state index in [-0.39, 0.29) is 4.65 Å². The van der Waals surface area contributed by atoms with Crippen molar-refractivity contribution in [3.8, 4) is 0 Å². The van der Waals surface area contributed by atoms with E-state index in [1.54, 1.807) is 0 Å². The van der Waals surface area contributed by atoms with E-state index in [0.717, 1.165) is 13.0 Å². The first-order valence-electron chi connectivity index (χ1n) is 9.77. The molecule has 0 rings (SSSR count). The number of hydrogen-bond acceptors (Lipinski definition) is 1. The fourth-order valence-corrected chi connectivity index (χ4v) is 2.75. The lowest BCUT2D eigenvalue weighted by molar-refractivity contribution is -1.07. The van der Waals surface area contributed by atoms with Crippen LogP contribution in [0.2, 0.25) is 0 Å². The number of allylic oxidation sites excluding steroid dienone is 2. The van der Waals surface area contributed by atoms with Gasteiger partial charge in [-0.15, -0.1) is 0 Å². The van der Waals surface area contributed by atoms with E-state index in [1.807, 2.05) is 14.1 Å². The highest BCUT2D eigenvalue weighted by molar-refractivity contribution is 4.81. The zero-order chi connectivity index (χ0) is 16.5. The second kappa shape index (κ2) is 15.6. The SMILES string of the molecule is CCCCCCCC/C=C\CCCCCCCC[N+](C)(C)O. The van der Waals surface area contributed by atoms with Gasteiger partial charge in [0.1, 0.15) is 6.54 Å². The second-order valence-electron chi connectivity index (χ2n) is 7.28. The number of unbranched alkanes of at least 4 members (excludes halogenated alkanes) is 12. The van der Waals surface area contributed by atoms with E-state index < -0.39 is 0 Å². The first-order chi connectivity index (χ1) is 10.6. The van der Waals surface area contributed by atoms with Crippen LogP contribution < -0.4 is 0 Å². The molecular formula is C20H42NO+. The Balaban J connectivity index is 3.11. The van der Waals surface area contributed by atoms with Crippen molar-refractivity contribution in [2.45, 2.75) is 96.8 Å². The van der Waals surface area contributed by atoms with Gasteiger partial charge in [-0.2, -0.15) is 4.65 Å². The first kappa shape index (κ1) is 21.7. The van der Waals surface area contributed by atoms with Gasteiger partial charge < -0.3 is 0 Å². The third-order valence-electron chi connectivity index (χ3n) is 4.22. The molecule has 0 saturated carbocycles. The standard InChI is InChI=1S/C20H42NO/c1-4-5-6-7-8-9-10-11-12-13-14-15-16-17-18-19-20-21(2,3)22/h11-12,22H,4-10,13-20H2,1-3H3/q+1/b12-11-. The monoisotopic (exact) mass is 312 g/mol. The fraction of sp³-hybridized carbons (Fsp3) is 0.900. The smallest absolute Gasteiger partial charge is 0.108 e. The van der Waals surface area contributed by atoms with E-state index in [9.17, 15) is 5.21 Å². The molecule has 0 aromatic heterocycles. The van der Waals surface area contributed by atoms with Crippen molar-refractivity contribution in [1.29, 1.82) is 0 Å². The van der Waals surface area contributed by atoms with E-state index >= 15 is 0 Å². The van der Waals surface area contributed by atoms with Crippen molar-refractivity contribution >= 4 is 0 Å². The molecule has 0 radical (unpaired) electrons. The van der Waals surface area contributed by atoms with Crippen molar-refractivity contribution in [2.75, 3.05) is 20.6 Å². The first-order valence-corrected chi connectivity index (χ1v) is 9.77. The molecule has 0 aromatic carbocycles. The van der Waals surface area contributed by atoms with E-state index in [1.165, 1.54) is 83.5 Å². The minimum absolute atomic E-state index is 0.114. The van der Waals surface area contributed by atoms with Gasteiger partial charge in [-0.1, -0.05) is 70.4 Å². The van der Waals surface area contributed by atoms with Gasteiger partial charge in [-0.3, -0.25) is 0 Å². The molecular weight excluding hydrogens is 270 g/mol. The van der Waals surface area contributed by atoms with Gasteiger partial charge >= 0.3 is 0 Å². The van der Waals surface area contributed by atoms with Gasteiger partial charge in [0.05, 0.1) is 14.1 Å². The molecule has 0 amide bonds. The molecule has 22 heavy (non-hydrogen) atoms. The average molecular weight is 313 g/mol. The number of hydroxylamine groups is 3. The Kier molecular flexibility index (Phi) is 15.3. The quantitative estimate of drug-likeness (QED) is 0.149. The summed E-state index contributed by atoms with van der Waals surface area (Å²) in [6.45, 7) is 3.15. The summed E-state index contributed by atoms with van der Waals surface area (Å²) in [6, 6.07) is 0. The van der Waals surface area contributed by atoms with Gasteiger partial charge in [0.15, 0.2) is 0 Å². The fourth-order valence-electron chi connectivity index (χ4n) is 2.75. The normalized spacial score (nSPS) is 12.4. The summed E-state index contributed by atoms with van der Waals surface area (Å²) in [4.78, 5) is 0. The predicted octanol–water partition coefficient (Wildman–Crippen LogP) is 6.49. The Morgan fingerprint density at radius 2 is 1.05 bits per heavy atom. The molecule has 0 bridgehead atoms.